The summed E-state index contributed by atoms with van der Waals surface area (Å²) < 4.78 is 12.5. The van der Waals surface area contributed by atoms with Gasteiger partial charge in [-0.3, -0.25) is 9.69 Å². The van der Waals surface area contributed by atoms with Crippen molar-refractivity contribution in [2.45, 2.75) is 19.4 Å². The molecule has 1 aromatic heterocycles. The van der Waals surface area contributed by atoms with Gasteiger partial charge in [0.05, 0.1) is 13.2 Å². The van der Waals surface area contributed by atoms with Crippen LogP contribution in [0.4, 0.5) is 0 Å². The van der Waals surface area contributed by atoms with Crippen molar-refractivity contribution in [2.24, 2.45) is 5.73 Å². The van der Waals surface area contributed by atoms with Crippen molar-refractivity contribution in [1.29, 1.82) is 0 Å². The predicted molar refractivity (Wildman–Crippen MR) is 81.7 cm³/mol. The molecule has 6 heteroatoms. The fourth-order valence-corrected chi connectivity index (χ4v) is 2.44. The Morgan fingerprint density at radius 3 is 2.71 bits per heavy atom. The summed E-state index contributed by atoms with van der Waals surface area (Å²) in [5.74, 6) is 0.413. The highest BCUT2D eigenvalue weighted by Crippen LogP contribution is 2.07. The topological polar surface area (TPSA) is 69.7 Å². The van der Waals surface area contributed by atoms with E-state index in [-0.39, 0.29) is 5.56 Å². The lowest BCUT2D eigenvalue weighted by Gasteiger charge is -2.15. The summed E-state index contributed by atoms with van der Waals surface area (Å²) in [7, 11) is 0. The van der Waals surface area contributed by atoms with Crippen molar-refractivity contribution in [3.8, 4) is 5.75 Å². The minimum atomic E-state index is -0.102. The molecule has 2 N–H and O–H groups in total. The van der Waals surface area contributed by atoms with Gasteiger partial charge in [0, 0.05) is 25.8 Å². The third-order valence-corrected chi connectivity index (χ3v) is 3.59. The molecule has 0 amide bonds. The van der Waals surface area contributed by atoms with Crippen molar-refractivity contribution in [3.05, 3.63) is 28.7 Å². The fraction of sp³-hybridized carbons (Fsp3) is 0.667. The molecular weight excluding hydrogens is 270 g/mol. The van der Waals surface area contributed by atoms with Crippen LogP contribution in [0.3, 0.4) is 0 Å². The zero-order valence-corrected chi connectivity index (χ0v) is 12.5. The number of aromatic nitrogens is 1. The van der Waals surface area contributed by atoms with E-state index in [1.807, 2.05) is 6.07 Å². The van der Waals surface area contributed by atoms with Gasteiger partial charge in [-0.1, -0.05) is 0 Å². The molecule has 1 saturated heterocycles. The van der Waals surface area contributed by atoms with Gasteiger partial charge in [0.2, 0.25) is 0 Å². The highest BCUT2D eigenvalue weighted by molar-refractivity contribution is 5.17. The summed E-state index contributed by atoms with van der Waals surface area (Å²) >= 11 is 0. The zero-order valence-electron chi connectivity index (χ0n) is 12.5. The van der Waals surface area contributed by atoms with Gasteiger partial charge >= 0.3 is 0 Å². The molecule has 1 fully saturated rings. The third-order valence-electron chi connectivity index (χ3n) is 3.59. The van der Waals surface area contributed by atoms with Gasteiger partial charge in [0.15, 0.2) is 5.75 Å². The fourth-order valence-electron chi connectivity index (χ4n) is 2.44. The second-order valence-electron chi connectivity index (χ2n) is 5.17. The Hall–Kier alpha value is -1.37. The van der Waals surface area contributed by atoms with E-state index in [1.165, 1.54) is 12.8 Å². The Morgan fingerprint density at radius 1 is 1.14 bits per heavy atom. The lowest BCUT2D eigenvalue weighted by atomic mass is 10.4. The molecule has 0 radical (unpaired) electrons. The van der Waals surface area contributed by atoms with E-state index in [0.29, 0.717) is 38.7 Å². The first-order valence-electron chi connectivity index (χ1n) is 7.63. The van der Waals surface area contributed by atoms with Crippen LogP contribution in [0.1, 0.15) is 12.8 Å². The number of hydrogen-bond acceptors (Lipinski definition) is 5. The minimum absolute atomic E-state index is 0.102. The highest BCUT2D eigenvalue weighted by atomic mass is 16.5. The average molecular weight is 295 g/mol. The number of nitrogens with two attached hydrogens (primary N) is 1. The van der Waals surface area contributed by atoms with Crippen LogP contribution in [0.25, 0.3) is 0 Å². The van der Waals surface area contributed by atoms with E-state index < -0.39 is 0 Å². The summed E-state index contributed by atoms with van der Waals surface area (Å²) in [6.07, 6.45) is 4.28. The smallest absolute Gasteiger partial charge is 0.292 e. The van der Waals surface area contributed by atoms with Crippen molar-refractivity contribution >= 4 is 0 Å². The molecule has 0 aliphatic carbocycles. The molecule has 1 aromatic rings. The third kappa shape index (κ3) is 5.15. The van der Waals surface area contributed by atoms with Crippen molar-refractivity contribution < 1.29 is 9.47 Å². The predicted octanol–water partition coefficient (Wildman–Crippen LogP) is 0.298. The maximum Gasteiger partial charge on any atom is 0.292 e. The molecule has 2 rings (SSSR count). The van der Waals surface area contributed by atoms with E-state index >= 15 is 0 Å². The molecule has 21 heavy (non-hydrogen) atoms. The Bertz CT molecular complexity index is 469. The van der Waals surface area contributed by atoms with Crippen LogP contribution in [0, 0.1) is 0 Å². The Kier molecular flexibility index (Phi) is 6.72. The SMILES string of the molecule is NCCOCCn1cccc(OCCN2CCCC2)c1=O. The number of likely N-dealkylation sites (tertiary alicyclic amines) is 1. The number of rotatable bonds is 9. The second-order valence-corrected chi connectivity index (χ2v) is 5.17. The zero-order chi connectivity index (χ0) is 14.9. The summed E-state index contributed by atoms with van der Waals surface area (Å²) in [6, 6.07) is 3.55. The van der Waals surface area contributed by atoms with Gasteiger partial charge in [0.1, 0.15) is 6.61 Å². The van der Waals surface area contributed by atoms with Gasteiger partial charge in [-0.15, -0.1) is 0 Å². The molecule has 1 aliphatic rings. The molecule has 0 aromatic carbocycles. The molecule has 0 saturated carbocycles. The maximum absolute atomic E-state index is 12.2. The molecule has 6 nitrogen and oxygen atoms in total. The average Bonchev–Trinajstić information content (AvgIpc) is 3.00. The van der Waals surface area contributed by atoms with Gasteiger partial charge in [-0.2, -0.15) is 0 Å². The van der Waals surface area contributed by atoms with Crippen LogP contribution < -0.4 is 16.0 Å². The standard InChI is InChI=1S/C15H25N3O3/c16-5-11-20-12-10-18-8-3-4-14(15(18)19)21-13-9-17-6-1-2-7-17/h3-4,8H,1-2,5-7,9-13,16H2. The van der Waals surface area contributed by atoms with Crippen LogP contribution in [0.5, 0.6) is 5.75 Å². The van der Waals surface area contributed by atoms with Gasteiger partial charge in [-0.05, 0) is 38.1 Å². The Balaban J connectivity index is 1.80. The maximum atomic E-state index is 12.2. The summed E-state index contributed by atoms with van der Waals surface area (Å²) in [4.78, 5) is 14.6. The summed E-state index contributed by atoms with van der Waals surface area (Å²) in [6.45, 7) is 5.73. The largest absolute Gasteiger partial charge is 0.487 e. The molecule has 0 unspecified atom stereocenters. The number of nitrogens with zero attached hydrogens (tertiary/aromatic N) is 2. The summed E-state index contributed by atoms with van der Waals surface area (Å²) in [5.41, 5.74) is 5.25. The van der Waals surface area contributed by atoms with Gasteiger partial charge in [0.25, 0.3) is 5.56 Å². The Labute approximate surface area is 125 Å². The summed E-state index contributed by atoms with van der Waals surface area (Å²) in [5, 5.41) is 0. The molecule has 0 spiro atoms. The lowest BCUT2D eigenvalue weighted by molar-refractivity contribution is 0.132. The van der Waals surface area contributed by atoms with Crippen LogP contribution >= 0.6 is 0 Å². The van der Waals surface area contributed by atoms with Gasteiger partial charge < -0.3 is 19.8 Å². The van der Waals surface area contributed by atoms with Gasteiger partial charge in [-0.25, -0.2) is 0 Å². The van der Waals surface area contributed by atoms with Crippen LogP contribution in [-0.4, -0.2) is 55.5 Å². The van der Waals surface area contributed by atoms with Crippen molar-refractivity contribution in [1.82, 2.24) is 9.47 Å². The van der Waals surface area contributed by atoms with Crippen LogP contribution in [0.2, 0.25) is 0 Å². The van der Waals surface area contributed by atoms with Crippen molar-refractivity contribution in [2.75, 3.05) is 46.0 Å². The minimum Gasteiger partial charge on any atom is -0.487 e. The van der Waals surface area contributed by atoms with E-state index in [9.17, 15) is 4.79 Å². The van der Waals surface area contributed by atoms with E-state index in [2.05, 4.69) is 4.90 Å². The number of ether oxygens (including phenoxy) is 2. The highest BCUT2D eigenvalue weighted by Gasteiger charge is 2.11. The molecule has 0 bridgehead atoms. The monoisotopic (exact) mass is 295 g/mol. The van der Waals surface area contributed by atoms with Crippen LogP contribution in [0.15, 0.2) is 23.1 Å². The lowest BCUT2D eigenvalue weighted by Crippen LogP contribution is -2.28. The quantitative estimate of drug-likeness (QED) is 0.664. The Morgan fingerprint density at radius 2 is 1.95 bits per heavy atom. The first kappa shape index (κ1) is 16.0. The molecule has 0 atom stereocenters. The van der Waals surface area contributed by atoms with E-state index in [1.54, 1.807) is 16.8 Å². The van der Waals surface area contributed by atoms with Crippen LogP contribution in [-0.2, 0) is 11.3 Å². The van der Waals surface area contributed by atoms with Crippen molar-refractivity contribution in [3.63, 3.8) is 0 Å². The van der Waals surface area contributed by atoms with E-state index in [4.69, 9.17) is 15.2 Å². The van der Waals surface area contributed by atoms with E-state index in [0.717, 1.165) is 19.6 Å². The molecule has 118 valence electrons. The first-order chi connectivity index (χ1) is 10.3. The number of pyridine rings is 1. The second kappa shape index (κ2) is 8.81. The normalized spacial score (nSPS) is 15.5. The first-order valence-corrected chi connectivity index (χ1v) is 7.63. The molecule has 2 heterocycles. The molecule has 1 aliphatic heterocycles. The molecular formula is C15H25N3O3. The number of hydrogen-bond donors (Lipinski definition) is 1.